The van der Waals surface area contributed by atoms with Crippen LogP contribution in [-0.4, -0.2) is 68.5 Å². The molecule has 0 aliphatic carbocycles. The monoisotopic (exact) mass is 1300 g/mol. The molecule has 0 fully saturated rings. The average molecular weight is 1300 g/mol. The topological polar surface area (TPSA) is 108 Å². The number of phosphoric ester groups is 1. The Morgan fingerprint density at radius 2 is 0.615 bits per heavy atom. The van der Waals surface area contributed by atoms with Gasteiger partial charge in [-0.25, -0.2) is 0 Å². The molecule has 0 saturated carbocycles. The van der Waals surface area contributed by atoms with E-state index in [1.165, 1.54) is 353 Å². The molecule has 2 N–H and O–H groups in total. The summed E-state index contributed by atoms with van der Waals surface area (Å²) in [4.78, 5) is 25.7. The van der Waals surface area contributed by atoms with E-state index in [0.29, 0.717) is 17.4 Å². The van der Waals surface area contributed by atoms with Crippen LogP contribution in [0.25, 0.3) is 0 Å². The lowest BCUT2D eigenvalue weighted by Gasteiger charge is -2.29. The van der Waals surface area contributed by atoms with Crippen molar-refractivity contribution in [3.63, 3.8) is 0 Å². The van der Waals surface area contributed by atoms with E-state index >= 15 is 0 Å². The van der Waals surface area contributed by atoms with Crippen LogP contribution in [0.15, 0.2) is 48.6 Å². The number of phosphoric acid groups is 1. The maximum atomic E-state index is 13.1. The fourth-order valence-electron chi connectivity index (χ4n) is 12.5. The third-order valence-electron chi connectivity index (χ3n) is 18.7. The summed E-state index contributed by atoms with van der Waals surface area (Å²) >= 11 is 0. The predicted octanol–water partition coefficient (Wildman–Crippen LogP) is 25.9. The summed E-state index contributed by atoms with van der Waals surface area (Å²) in [5, 5.41) is 14.0. The maximum Gasteiger partial charge on any atom is 0.268 e. The van der Waals surface area contributed by atoms with Gasteiger partial charge in [-0.3, -0.25) is 9.36 Å². The Labute approximate surface area is 569 Å². The molecule has 538 valence electrons. The summed E-state index contributed by atoms with van der Waals surface area (Å²) in [7, 11) is 1.25. The Balaban J connectivity index is 3.97. The molecule has 91 heavy (non-hydrogen) atoms. The molecule has 0 aromatic carbocycles. The van der Waals surface area contributed by atoms with Crippen LogP contribution in [0.2, 0.25) is 0 Å². The van der Waals surface area contributed by atoms with E-state index in [1.807, 2.05) is 27.2 Å². The number of aliphatic hydroxyl groups is 1. The van der Waals surface area contributed by atoms with Gasteiger partial charge in [-0.15, -0.1) is 0 Å². The largest absolute Gasteiger partial charge is 0.756 e. The van der Waals surface area contributed by atoms with E-state index in [4.69, 9.17) is 9.05 Å². The van der Waals surface area contributed by atoms with Gasteiger partial charge in [0.25, 0.3) is 7.82 Å². The van der Waals surface area contributed by atoms with Crippen molar-refractivity contribution < 1.29 is 32.9 Å². The standard InChI is InChI=1S/C82H159N2O6P/c1-6-8-10-12-14-16-18-20-22-24-26-28-30-32-34-36-38-39-40-41-42-43-44-45-46-48-50-52-54-56-58-60-62-64-66-68-70-72-74-76-82(86)83-80(79-90-91(87,88)89-78-77-84(3,4)5)81(85)75-73-71-69-67-65-63-61-59-57-55-53-51-49-47-37-35-33-31-29-27-25-23-21-19-17-15-13-11-9-7-2/h24,26,57,59,65,67,73,75,80-81,85H,6-23,25,27-56,58,60-64,66,68-72,74,76-79H2,1-5H3,(H-,83,86,87,88)/b26-24-,59-57+,67-65+,75-73+. The van der Waals surface area contributed by atoms with E-state index in [-0.39, 0.29) is 12.5 Å². The van der Waals surface area contributed by atoms with Gasteiger partial charge in [-0.2, -0.15) is 0 Å². The smallest absolute Gasteiger partial charge is 0.268 e. The first kappa shape index (κ1) is 89.5. The van der Waals surface area contributed by atoms with Crippen molar-refractivity contribution in [3.8, 4) is 0 Å². The van der Waals surface area contributed by atoms with E-state index < -0.39 is 26.6 Å². The van der Waals surface area contributed by atoms with Gasteiger partial charge in [0.2, 0.25) is 5.91 Å². The van der Waals surface area contributed by atoms with Gasteiger partial charge in [0.05, 0.1) is 39.9 Å². The molecular weight excluding hydrogens is 1140 g/mol. The van der Waals surface area contributed by atoms with Crippen LogP contribution in [0.4, 0.5) is 0 Å². The van der Waals surface area contributed by atoms with Gasteiger partial charge in [0.1, 0.15) is 13.2 Å². The van der Waals surface area contributed by atoms with Crippen molar-refractivity contribution >= 4 is 13.7 Å². The van der Waals surface area contributed by atoms with Crippen molar-refractivity contribution in [2.75, 3.05) is 40.9 Å². The zero-order valence-electron chi connectivity index (χ0n) is 61.8. The molecule has 0 bridgehead atoms. The highest BCUT2D eigenvalue weighted by Crippen LogP contribution is 2.38. The van der Waals surface area contributed by atoms with E-state index in [9.17, 15) is 19.4 Å². The van der Waals surface area contributed by atoms with Gasteiger partial charge < -0.3 is 28.8 Å². The summed E-state index contributed by atoms with van der Waals surface area (Å²) in [6.45, 7) is 4.68. The zero-order chi connectivity index (χ0) is 66.2. The van der Waals surface area contributed by atoms with Crippen LogP contribution >= 0.6 is 7.82 Å². The number of hydrogen-bond acceptors (Lipinski definition) is 6. The van der Waals surface area contributed by atoms with E-state index in [1.54, 1.807) is 6.08 Å². The van der Waals surface area contributed by atoms with Crippen molar-refractivity contribution in [2.45, 2.75) is 431 Å². The Kier molecular flexibility index (Phi) is 71.5. The fourth-order valence-corrected chi connectivity index (χ4v) is 13.2. The minimum absolute atomic E-state index is 0.00760. The predicted molar refractivity (Wildman–Crippen MR) is 399 cm³/mol. The third kappa shape index (κ3) is 75.7. The molecule has 8 nitrogen and oxygen atoms in total. The van der Waals surface area contributed by atoms with E-state index in [2.05, 4.69) is 55.6 Å². The first-order valence-electron chi connectivity index (χ1n) is 40.5. The molecular formula is C82H159N2O6P. The number of likely N-dealkylation sites (N-methyl/N-ethyl adjacent to an activating group) is 1. The summed E-state index contributed by atoms with van der Waals surface area (Å²) < 4.78 is 23.5. The lowest BCUT2D eigenvalue weighted by atomic mass is 10.0. The number of unbranched alkanes of at least 4 members (excludes halogenated alkanes) is 57. The summed E-state index contributed by atoms with van der Waals surface area (Å²) in [6.07, 6.45) is 100. The molecule has 0 radical (unpaired) electrons. The lowest BCUT2D eigenvalue weighted by molar-refractivity contribution is -0.870. The minimum Gasteiger partial charge on any atom is -0.756 e. The van der Waals surface area contributed by atoms with Gasteiger partial charge in [0, 0.05) is 6.42 Å². The van der Waals surface area contributed by atoms with Crippen LogP contribution in [0.3, 0.4) is 0 Å². The Morgan fingerprint density at radius 3 is 0.890 bits per heavy atom. The lowest BCUT2D eigenvalue weighted by Crippen LogP contribution is -2.45. The first-order chi connectivity index (χ1) is 44.5. The maximum absolute atomic E-state index is 13.1. The van der Waals surface area contributed by atoms with E-state index in [0.717, 1.165) is 44.9 Å². The molecule has 0 aliphatic rings. The van der Waals surface area contributed by atoms with Crippen LogP contribution in [0.1, 0.15) is 418 Å². The van der Waals surface area contributed by atoms with Crippen LogP contribution in [-0.2, 0) is 18.4 Å². The molecule has 9 heteroatoms. The van der Waals surface area contributed by atoms with Gasteiger partial charge in [-0.1, -0.05) is 390 Å². The van der Waals surface area contributed by atoms with Crippen molar-refractivity contribution in [1.29, 1.82) is 0 Å². The zero-order valence-corrected chi connectivity index (χ0v) is 62.7. The molecule has 0 rings (SSSR count). The highest BCUT2D eigenvalue weighted by molar-refractivity contribution is 7.45. The van der Waals surface area contributed by atoms with Crippen molar-refractivity contribution in [2.24, 2.45) is 0 Å². The molecule has 3 unspecified atom stereocenters. The first-order valence-corrected chi connectivity index (χ1v) is 42.0. The number of nitrogens with one attached hydrogen (secondary N) is 1. The molecule has 0 aliphatic heterocycles. The van der Waals surface area contributed by atoms with Crippen molar-refractivity contribution in [1.82, 2.24) is 5.32 Å². The molecule has 0 spiro atoms. The van der Waals surface area contributed by atoms with Gasteiger partial charge in [-0.05, 0) is 70.6 Å². The second-order valence-electron chi connectivity index (χ2n) is 29.1. The minimum atomic E-state index is -4.62. The Morgan fingerprint density at radius 1 is 0.374 bits per heavy atom. The molecule has 0 aromatic rings. The molecule has 0 saturated heterocycles. The number of amides is 1. The summed E-state index contributed by atoms with van der Waals surface area (Å²) in [5.41, 5.74) is 0. The van der Waals surface area contributed by atoms with Crippen LogP contribution in [0, 0.1) is 0 Å². The Bertz CT molecular complexity index is 1630. The normalized spacial score (nSPS) is 13.7. The Hall–Kier alpha value is -1.54. The summed E-state index contributed by atoms with van der Waals surface area (Å²) in [5.74, 6) is -0.203. The molecule has 1 amide bonds. The SMILES string of the molecule is CCCCCCCCCC/C=C\CCCCCCCCCCCCCCCCCCCCCCCCCCCCCC(=O)NC(COP(=O)([O-])OCC[N+](C)(C)C)C(O)/C=C/CC/C=C/CC/C=C/CCCCCCCCCCCCCCCCCCCCCC. The number of rotatable bonds is 76. The second kappa shape index (κ2) is 72.7. The number of hydrogen-bond donors (Lipinski definition) is 2. The van der Waals surface area contributed by atoms with Crippen LogP contribution in [0.5, 0.6) is 0 Å². The number of aliphatic hydroxyl groups excluding tert-OH is 1. The number of allylic oxidation sites excluding steroid dienone is 7. The highest BCUT2D eigenvalue weighted by Gasteiger charge is 2.23. The number of carbonyl (C=O) groups excluding carboxylic acids is 1. The third-order valence-corrected chi connectivity index (χ3v) is 19.7. The van der Waals surface area contributed by atoms with Gasteiger partial charge >= 0.3 is 0 Å². The highest BCUT2D eigenvalue weighted by atomic mass is 31.2. The quantitative estimate of drug-likeness (QED) is 0.0272. The van der Waals surface area contributed by atoms with Crippen LogP contribution < -0.4 is 10.2 Å². The number of quaternary nitrogens is 1. The number of carbonyl (C=O) groups is 1. The number of nitrogens with zero attached hydrogens (tertiary/aromatic N) is 1. The van der Waals surface area contributed by atoms with Crippen molar-refractivity contribution in [3.05, 3.63) is 48.6 Å². The average Bonchev–Trinajstić information content (AvgIpc) is 3.58. The molecule has 3 atom stereocenters. The summed E-state index contributed by atoms with van der Waals surface area (Å²) in [6, 6.07) is -0.911. The fraction of sp³-hybridized carbons (Fsp3) is 0.890. The van der Waals surface area contributed by atoms with Gasteiger partial charge in [0.15, 0.2) is 0 Å². The molecule has 0 aromatic heterocycles. The second-order valence-corrected chi connectivity index (χ2v) is 30.5. The molecule has 0 heterocycles.